The second kappa shape index (κ2) is 8.11. The molecule has 2 unspecified atom stereocenters. The van der Waals surface area contributed by atoms with E-state index in [2.05, 4.69) is 10.6 Å². The zero-order valence-electron chi connectivity index (χ0n) is 15.3. The van der Waals surface area contributed by atoms with Gasteiger partial charge in [0.15, 0.2) is 0 Å². The Morgan fingerprint density at radius 1 is 1.07 bits per heavy atom. The maximum absolute atomic E-state index is 12.7. The van der Waals surface area contributed by atoms with Crippen molar-refractivity contribution in [2.24, 2.45) is 11.7 Å². The maximum Gasteiger partial charge on any atom is 0.257 e. The Labute approximate surface area is 164 Å². The standard InChI is InChI=1S/C21H24ClN3O2/c1-21(23)12-6-5-9-17(21)20(27)25-15-10-11-18(22)16(13-15)19(26)24-14-7-3-2-4-8-14/h2-4,7-8,10-11,13,17H,5-6,9,12,23H2,1H3,(H,24,26)(H,25,27). The van der Waals surface area contributed by atoms with Gasteiger partial charge in [-0.25, -0.2) is 0 Å². The van der Waals surface area contributed by atoms with Gasteiger partial charge in [-0.3, -0.25) is 9.59 Å². The van der Waals surface area contributed by atoms with Gasteiger partial charge in [0.2, 0.25) is 5.91 Å². The summed E-state index contributed by atoms with van der Waals surface area (Å²) < 4.78 is 0. The lowest BCUT2D eigenvalue weighted by molar-refractivity contribution is -0.122. The molecule has 1 saturated carbocycles. The third-order valence-electron chi connectivity index (χ3n) is 5.08. The fourth-order valence-electron chi connectivity index (χ4n) is 3.52. The number of anilines is 2. The molecule has 1 fully saturated rings. The second-order valence-electron chi connectivity index (χ2n) is 7.31. The van der Waals surface area contributed by atoms with Crippen LogP contribution in [0.1, 0.15) is 43.0 Å². The highest BCUT2D eigenvalue weighted by Gasteiger charge is 2.37. The number of benzene rings is 2. The average molecular weight is 386 g/mol. The van der Waals surface area contributed by atoms with Gasteiger partial charge in [0.1, 0.15) is 0 Å². The number of para-hydroxylation sites is 1. The van der Waals surface area contributed by atoms with Gasteiger partial charge in [0.25, 0.3) is 5.91 Å². The summed E-state index contributed by atoms with van der Waals surface area (Å²) in [5, 5.41) is 6.02. The summed E-state index contributed by atoms with van der Waals surface area (Å²) in [6.07, 6.45) is 3.64. The molecular weight excluding hydrogens is 362 g/mol. The first kappa shape index (κ1) is 19.4. The van der Waals surface area contributed by atoms with E-state index in [1.54, 1.807) is 30.3 Å². The molecule has 0 saturated heterocycles. The van der Waals surface area contributed by atoms with Crippen LogP contribution in [0.3, 0.4) is 0 Å². The molecular formula is C21H24ClN3O2. The minimum absolute atomic E-state index is 0.114. The lowest BCUT2D eigenvalue weighted by Crippen LogP contribution is -2.51. The molecule has 2 aromatic rings. The second-order valence-corrected chi connectivity index (χ2v) is 7.72. The van der Waals surface area contributed by atoms with Gasteiger partial charge in [-0.1, -0.05) is 42.6 Å². The number of hydrogen-bond donors (Lipinski definition) is 3. The van der Waals surface area contributed by atoms with Gasteiger partial charge in [0, 0.05) is 16.9 Å². The van der Waals surface area contributed by atoms with Gasteiger partial charge in [0.05, 0.1) is 16.5 Å². The summed E-state index contributed by atoms with van der Waals surface area (Å²) in [6.45, 7) is 1.93. The summed E-state index contributed by atoms with van der Waals surface area (Å²) >= 11 is 6.19. The summed E-state index contributed by atoms with van der Waals surface area (Å²) in [7, 11) is 0. The van der Waals surface area contributed by atoms with Crippen molar-refractivity contribution >= 4 is 34.8 Å². The molecule has 5 nitrogen and oxygen atoms in total. The monoisotopic (exact) mass is 385 g/mol. The zero-order chi connectivity index (χ0) is 19.4. The molecule has 2 atom stereocenters. The van der Waals surface area contributed by atoms with Crippen LogP contribution in [0.5, 0.6) is 0 Å². The van der Waals surface area contributed by atoms with Gasteiger partial charge in [-0.2, -0.15) is 0 Å². The third kappa shape index (κ3) is 4.67. The molecule has 0 radical (unpaired) electrons. The van der Waals surface area contributed by atoms with Crippen molar-refractivity contribution in [2.45, 2.75) is 38.1 Å². The molecule has 1 aliphatic carbocycles. The molecule has 0 spiro atoms. The predicted molar refractivity (Wildman–Crippen MR) is 109 cm³/mol. The van der Waals surface area contributed by atoms with E-state index < -0.39 is 5.54 Å². The van der Waals surface area contributed by atoms with E-state index in [0.717, 1.165) is 25.7 Å². The molecule has 2 aromatic carbocycles. The van der Waals surface area contributed by atoms with Crippen molar-refractivity contribution in [1.29, 1.82) is 0 Å². The highest BCUT2D eigenvalue weighted by atomic mass is 35.5. The molecule has 142 valence electrons. The number of carbonyl (C=O) groups is 2. The normalized spacial score (nSPS) is 22.1. The first-order chi connectivity index (χ1) is 12.9. The summed E-state index contributed by atoms with van der Waals surface area (Å²) in [6, 6.07) is 14.0. The van der Waals surface area contributed by atoms with Crippen LogP contribution >= 0.6 is 11.6 Å². The number of hydrogen-bond acceptors (Lipinski definition) is 3. The minimum Gasteiger partial charge on any atom is -0.326 e. The Morgan fingerprint density at radius 2 is 1.81 bits per heavy atom. The fourth-order valence-corrected chi connectivity index (χ4v) is 3.72. The Morgan fingerprint density at radius 3 is 2.52 bits per heavy atom. The van der Waals surface area contributed by atoms with E-state index in [9.17, 15) is 9.59 Å². The van der Waals surface area contributed by atoms with Crippen LogP contribution in [0.2, 0.25) is 5.02 Å². The van der Waals surface area contributed by atoms with E-state index in [0.29, 0.717) is 22.0 Å². The molecule has 27 heavy (non-hydrogen) atoms. The predicted octanol–water partition coefficient (Wildman–Crippen LogP) is 4.44. The number of carbonyl (C=O) groups excluding carboxylic acids is 2. The number of halogens is 1. The fraction of sp³-hybridized carbons (Fsp3) is 0.333. The van der Waals surface area contributed by atoms with Crippen LogP contribution < -0.4 is 16.4 Å². The first-order valence-corrected chi connectivity index (χ1v) is 9.50. The Hall–Kier alpha value is -2.37. The maximum atomic E-state index is 12.7. The molecule has 0 aromatic heterocycles. The topological polar surface area (TPSA) is 84.2 Å². The first-order valence-electron chi connectivity index (χ1n) is 9.12. The Bertz CT molecular complexity index is 837. The van der Waals surface area contributed by atoms with Crippen LogP contribution in [-0.2, 0) is 4.79 Å². The van der Waals surface area contributed by atoms with Crippen molar-refractivity contribution in [3.63, 3.8) is 0 Å². The number of nitrogens with one attached hydrogen (secondary N) is 2. The smallest absolute Gasteiger partial charge is 0.257 e. The van der Waals surface area contributed by atoms with Crippen LogP contribution in [0, 0.1) is 5.92 Å². The van der Waals surface area contributed by atoms with Gasteiger partial charge in [-0.05, 0) is 50.1 Å². The quantitative estimate of drug-likeness (QED) is 0.727. The van der Waals surface area contributed by atoms with Gasteiger partial charge >= 0.3 is 0 Å². The lowest BCUT2D eigenvalue weighted by Gasteiger charge is -2.37. The summed E-state index contributed by atoms with van der Waals surface area (Å²) in [5.41, 5.74) is 7.32. The van der Waals surface area contributed by atoms with Crippen LogP contribution in [0.15, 0.2) is 48.5 Å². The summed E-state index contributed by atoms with van der Waals surface area (Å²) in [5.74, 6) is -0.691. The molecule has 1 aliphatic rings. The van der Waals surface area contributed by atoms with E-state index in [1.165, 1.54) is 0 Å². The van der Waals surface area contributed by atoms with E-state index in [-0.39, 0.29) is 17.7 Å². The van der Waals surface area contributed by atoms with Crippen LogP contribution in [-0.4, -0.2) is 17.4 Å². The third-order valence-corrected chi connectivity index (χ3v) is 5.41. The van der Waals surface area contributed by atoms with Crippen LogP contribution in [0.25, 0.3) is 0 Å². The number of amides is 2. The Balaban J connectivity index is 1.75. The molecule has 0 heterocycles. The van der Waals surface area contributed by atoms with Crippen molar-refractivity contribution in [3.05, 3.63) is 59.1 Å². The molecule has 4 N–H and O–H groups in total. The van der Waals surface area contributed by atoms with E-state index in [4.69, 9.17) is 17.3 Å². The van der Waals surface area contributed by atoms with E-state index in [1.807, 2.05) is 25.1 Å². The van der Waals surface area contributed by atoms with Crippen molar-refractivity contribution in [3.8, 4) is 0 Å². The highest BCUT2D eigenvalue weighted by Crippen LogP contribution is 2.32. The summed E-state index contributed by atoms with van der Waals surface area (Å²) in [4.78, 5) is 25.3. The lowest BCUT2D eigenvalue weighted by atomic mass is 9.74. The molecule has 0 bridgehead atoms. The zero-order valence-corrected chi connectivity index (χ0v) is 16.1. The SMILES string of the molecule is CC1(N)CCCCC1C(=O)Nc1ccc(Cl)c(C(=O)Nc2ccccc2)c1. The van der Waals surface area contributed by atoms with Crippen molar-refractivity contribution in [1.82, 2.24) is 0 Å². The number of nitrogens with two attached hydrogens (primary N) is 1. The van der Waals surface area contributed by atoms with Crippen molar-refractivity contribution in [2.75, 3.05) is 10.6 Å². The Kier molecular flexibility index (Phi) is 5.82. The molecule has 3 rings (SSSR count). The van der Waals surface area contributed by atoms with Gasteiger partial charge < -0.3 is 16.4 Å². The highest BCUT2D eigenvalue weighted by molar-refractivity contribution is 6.34. The molecule has 0 aliphatic heterocycles. The largest absolute Gasteiger partial charge is 0.326 e. The molecule has 6 heteroatoms. The molecule has 2 amide bonds. The van der Waals surface area contributed by atoms with Crippen LogP contribution in [0.4, 0.5) is 11.4 Å². The van der Waals surface area contributed by atoms with E-state index >= 15 is 0 Å². The number of rotatable bonds is 4. The van der Waals surface area contributed by atoms with Gasteiger partial charge in [-0.15, -0.1) is 0 Å². The average Bonchev–Trinajstić information content (AvgIpc) is 2.63. The van der Waals surface area contributed by atoms with Crippen molar-refractivity contribution < 1.29 is 9.59 Å². The minimum atomic E-state index is -0.512.